The fraction of sp³-hybridized carbons (Fsp3) is 0.471. The van der Waals surface area contributed by atoms with E-state index in [4.69, 9.17) is 5.11 Å². The number of rotatable bonds is 8. The standard InChI is InChI=1S/C9H12.C8H12O5/c1-2-6-9-7-4-3-5-8-9;1-2-3-4-13-7(11)8(12,5-9)6-10/h3-5,7-8H,2,6H2,1H3;5-6,12H,2-4H2,1H3. The first-order chi connectivity index (χ1) is 10.5. The van der Waals surface area contributed by atoms with Crippen molar-refractivity contribution in [2.75, 3.05) is 6.61 Å². The largest absolute Gasteiger partial charge is 0.463 e. The van der Waals surface area contributed by atoms with E-state index in [0.717, 1.165) is 6.42 Å². The molecule has 5 nitrogen and oxygen atoms in total. The van der Waals surface area contributed by atoms with Crippen molar-refractivity contribution in [3.63, 3.8) is 0 Å². The highest BCUT2D eigenvalue weighted by atomic mass is 16.6. The number of hydrogen-bond acceptors (Lipinski definition) is 5. The van der Waals surface area contributed by atoms with Gasteiger partial charge in [-0.15, -0.1) is 0 Å². The molecule has 1 aromatic carbocycles. The van der Waals surface area contributed by atoms with Gasteiger partial charge in [-0.2, -0.15) is 0 Å². The van der Waals surface area contributed by atoms with E-state index in [2.05, 4.69) is 42.0 Å². The van der Waals surface area contributed by atoms with Crippen molar-refractivity contribution in [1.82, 2.24) is 0 Å². The number of esters is 1. The van der Waals surface area contributed by atoms with E-state index >= 15 is 0 Å². The first-order valence-corrected chi connectivity index (χ1v) is 7.40. The Bertz CT molecular complexity index is 434. The fourth-order valence-corrected chi connectivity index (χ4v) is 1.48. The van der Waals surface area contributed by atoms with Crippen LogP contribution in [0.1, 0.15) is 38.7 Å². The van der Waals surface area contributed by atoms with Gasteiger partial charge in [-0.3, -0.25) is 9.59 Å². The number of benzene rings is 1. The van der Waals surface area contributed by atoms with Crippen LogP contribution in [0.2, 0.25) is 0 Å². The highest BCUT2D eigenvalue weighted by Crippen LogP contribution is 2.01. The molecule has 1 rings (SSSR count). The molecule has 1 aromatic rings. The average Bonchev–Trinajstić information content (AvgIpc) is 2.56. The molecule has 0 atom stereocenters. The molecular weight excluding hydrogens is 284 g/mol. The van der Waals surface area contributed by atoms with Crippen molar-refractivity contribution in [3.05, 3.63) is 35.9 Å². The van der Waals surface area contributed by atoms with Gasteiger partial charge in [0.1, 0.15) is 0 Å². The molecular formula is C17H24O5. The van der Waals surface area contributed by atoms with E-state index in [0.29, 0.717) is 6.42 Å². The molecule has 22 heavy (non-hydrogen) atoms. The molecule has 0 heterocycles. The molecule has 0 aliphatic carbocycles. The molecule has 0 spiro atoms. The third-order valence-electron chi connectivity index (χ3n) is 2.80. The highest BCUT2D eigenvalue weighted by molar-refractivity contribution is 6.11. The summed E-state index contributed by atoms with van der Waals surface area (Å²) in [7, 11) is 0. The van der Waals surface area contributed by atoms with E-state index in [1.54, 1.807) is 0 Å². The molecule has 5 heteroatoms. The summed E-state index contributed by atoms with van der Waals surface area (Å²) in [5.74, 6) is -1.22. The van der Waals surface area contributed by atoms with Crippen LogP contribution < -0.4 is 0 Å². The van der Waals surface area contributed by atoms with Crippen LogP contribution in [0.3, 0.4) is 0 Å². The second kappa shape index (κ2) is 11.6. The Morgan fingerprint density at radius 1 is 1.14 bits per heavy atom. The van der Waals surface area contributed by atoms with E-state index < -0.39 is 11.6 Å². The molecule has 0 saturated heterocycles. The number of aliphatic hydroxyl groups is 1. The first kappa shape index (κ1) is 20.0. The van der Waals surface area contributed by atoms with E-state index in [1.165, 1.54) is 18.4 Å². The molecule has 0 amide bonds. The van der Waals surface area contributed by atoms with Gasteiger partial charge in [-0.25, -0.2) is 4.79 Å². The lowest BCUT2D eigenvalue weighted by Crippen LogP contribution is -2.43. The highest BCUT2D eigenvalue weighted by Gasteiger charge is 2.37. The zero-order chi connectivity index (χ0) is 16.8. The minimum atomic E-state index is -2.63. The summed E-state index contributed by atoms with van der Waals surface area (Å²) in [4.78, 5) is 31.2. The topological polar surface area (TPSA) is 80.7 Å². The molecule has 0 aliphatic heterocycles. The Morgan fingerprint density at radius 2 is 1.73 bits per heavy atom. The smallest absolute Gasteiger partial charge is 0.353 e. The van der Waals surface area contributed by atoms with Gasteiger partial charge in [0.15, 0.2) is 12.6 Å². The van der Waals surface area contributed by atoms with Gasteiger partial charge in [0, 0.05) is 0 Å². The lowest BCUT2D eigenvalue weighted by molar-refractivity contribution is -0.167. The average molecular weight is 308 g/mol. The van der Waals surface area contributed by atoms with Crippen LogP contribution in [0.5, 0.6) is 0 Å². The minimum Gasteiger partial charge on any atom is -0.463 e. The molecule has 0 bridgehead atoms. The Labute approximate surface area is 131 Å². The zero-order valence-corrected chi connectivity index (χ0v) is 13.2. The van der Waals surface area contributed by atoms with Crippen molar-refractivity contribution < 1.29 is 24.2 Å². The SMILES string of the molecule is CCCCOC(=O)C(O)(C=O)C=O.CCCc1ccccc1. The van der Waals surface area contributed by atoms with Gasteiger partial charge in [-0.05, 0) is 18.4 Å². The number of aldehydes is 2. The summed E-state index contributed by atoms with van der Waals surface area (Å²) in [6.07, 6.45) is 3.60. The van der Waals surface area contributed by atoms with Crippen molar-refractivity contribution >= 4 is 18.5 Å². The number of unbranched alkanes of at least 4 members (excludes halogenated alkanes) is 1. The molecule has 0 aliphatic rings. The zero-order valence-electron chi connectivity index (χ0n) is 13.2. The molecule has 1 N–H and O–H groups in total. The van der Waals surface area contributed by atoms with Crippen LogP contribution >= 0.6 is 0 Å². The Hall–Kier alpha value is -2.01. The number of carbonyl (C=O) groups excluding carboxylic acids is 3. The van der Waals surface area contributed by atoms with Crippen molar-refractivity contribution in [2.24, 2.45) is 0 Å². The lowest BCUT2D eigenvalue weighted by atomic mass is 10.1. The van der Waals surface area contributed by atoms with Gasteiger partial charge in [0.2, 0.25) is 0 Å². The quantitative estimate of drug-likeness (QED) is 0.344. The van der Waals surface area contributed by atoms with Crippen LogP contribution in [0.15, 0.2) is 30.3 Å². The van der Waals surface area contributed by atoms with Crippen LogP contribution in [0.25, 0.3) is 0 Å². The van der Waals surface area contributed by atoms with Crippen molar-refractivity contribution in [3.8, 4) is 0 Å². The monoisotopic (exact) mass is 308 g/mol. The first-order valence-electron chi connectivity index (χ1n) is 7.40. The Balaban J connectivity index is 0.000000425. The summed E-state index contributed by atoms with van der Waals surface area (Å²) in [6, 6.07) is 10.6. The second-order valence-electron chi connectivity index (χ2n) is 4.79. The van der Waals surface area contributed by atoms with Crippen molar-refractivity contribution in [1.29, 1.82) is 0 Å². The number of hydrogen-bond donors (Lipinski definition) is 1. The summed E-state index contributed by atoms with van der Waals surface area (Å²) in [5.41, 5.74) is -1.19. The van der Waals surface area contributed by atoms with E-state index in [1.807, 2.05) is 6.92 Å². The third kappa shape index (κ3) is 7.69. The molecule has 0 radical (unpaired) electrons. The van der Waals surface area contributed by atoms with Gasteiger partial charge in [-0.1, -0.05) is 57.0 Å². The van der Waals surface area contributed by atoms with Gasteiger partial charge >= 0.3 is 5.97 Å². The third-order valence-corrected chi connectivity index (χ3v) is 2.80. The van der Waals surface area contributed by atoms with Crippen LogP contribution in [-0.4, -0.2) is 35.9 Å². The maximum Gasteiger partial charge on any atom is 0.353 e. The van der Waals surface area contributed by atoms with Crippen LogP contribution in [-0.2, 0) is 25.5 Å². The summed E-state index contributed by atoms with van der Waals surface area (Å²) in [6.45, 7) is 4.19. The molecule has 0 saturated carbocycles. The number of ether oxygens (including phenoxy) is 1. The van der Waals surface area contributed by atoms with Gasteiger partial charge in [0.05, 0.1) is 6.61 Å². The summed E-state index contributed by atoms with van der Waals surface area (Å²) >= 11 is 0. The van der Waals surface area contributed by atoms with Crippen LogP contribution in [0.4, 0.5) is 0 Å². The fourth-order valence-electron chi connectivity index (χ4n) is 1.48. The normalized spacial score (nSPS) is 10.1. The van der Waals surface area contributed by atoms with E-state index in [-0.39, 0.29) is 19.2 Å². The van der Waals surface area contributed by atoms with E-state index in [9.17, 15) is 14.4 Å². The van der Waals surface area contributed by atoms with Gasteiger partial charge in [0.25, 0.3) is 5.60 Å². The molecule has 122 valence electrons. The Morgan fingerprint density at radius 3 is 2.18 bits per heavy atom. The maximum absolute atomic E-state index is 10.9. The molecule has 0 fully saturated rings. The lowest BCUT2D eigenvalue weighted by Gasteiger charge is -2.12. The predicted molar refractivity (Wildman–Crippen MR) is 83.4 cm³/mol. The maximum atomic E-state index is 10.9. The minimum absolute atomic E-state index is 0.0966. The predicted octanol–water partition coefficient (Wildman–Crippen LogP) is 2.10. The summed E-state index contributed by atoms with van der Waals surface area (Å²) in [5, 5.41) is 8.99. The number of aryl methyl sites for hydroxylation is 1. The number of carbonyl (C=O) groups is 3. The van der Waals surface area contributed by atoms with Crippen molar-refractivity contribution in [2.45, 2.75) is 45.1 Å². The second-order valence-corrected chi connectivity index (χ2v) is 4.79. The van der Waals surface area contributed by atoms with Crippen LogP contribution in [0, 0.1) is 0 Å². The summed E-state index contributed by atoms with van der Waals surface area (Å²) < 4.78 is 4.48. The van der Waals surface area contributed by atoms with Gasteiger partial charge < -0.3 is 9.84 Å². The Kier molecular flexibility index (Phi) is 10.6. The molecule has 0 unspecified atom stereocenters. The molecule has 0 aromatic heterocycles.